The zero-order valence-electron chi connectivity index (χ0n) is 11.0. The smallest absolute Gasteiger partial charge is 0.335 e. The van der Waals surface area contributed by atoms with Crippen LogP contribution in [0.4, 0.5) is 10.1 Å². The average Bonchev–Trinajstić information content (AvgIpc) is 2.41. The molecule has 0 unspecified atom stereocenters. The molecule has 0 aliphatic rings. The predicted molar refractivity (Wildman–Crippen MR) is 80.2 cm³/mol. The van der Waals surface area contributed by atoms with Crippen LogP contribution in [-0.2, 0) is 0 Å². The quantitative estimate of drug-likeness (QED) is 0.882. The number of halogens is 2. The number of rotatable bonds is 3. The van der Waals surface area contributed by atoms with Gasteiger partial charge >= 0.3 is 5.97 Å². The van der Waals surface area contributed by atoms with Crippen LogP contribution in [-0.4, -0.2) is 17.0 Å². The number of carbonyl (C=O) groups excluding carboxylic acids is 1. The molecule has 0 bridgehead atoms. The van der Waals surface area contributed by atoms with Gasteiger partial charge in [-0.05, 0) is 48.9 Å². The molecule has 0 fully saturated rings. The first-order chi connectivity index (χ1) is 9.86. The highest BCUT2D eigenvalue weighted by Gasteiger charge is 2.11. The number of anilines is 1. The molecule has 0 saturated heterocycles. The molecule has 0 heterocycles. The van der Waals surface area contributed by atoms with Crippen LogP contribution in [0.5, 0.6) is 0 Å². The number of aryl methyl sites for hydroxylation is 1. The number of hydrogen-bond acceptors (Lipinski definition) is 2. The van der Waals surface area contributed by atoms with Gasteiger partial charge in [0, 0.05) is 15.7 Å². The fourth-order valence-electron chi connectivity index (χ4n) is 1.77. The number of benzene rings is 2. The molecular formula is C15H11BrFNO3. The van der Waals surface area contributed by atoms with Gasteiger partial charge in [0.1, 0.15) is 5.82 Å². The van der Waals surface area contributed by atoms with Crippen molar-refractivity contribution in [3.63, 3.8) is 0 Å². The molecule has 2 rings (SSSR count). The van der Waals surface area contributed by atoms with Crippen molar-refractivity contribution in [1.82, 2.24) is 0 Å². The molecule has 0 radical (unpaired) electrons. The summed E-state index contributed by atoms with van der Waals surface area (Å²) < 4.78 is 13.7. The highest BCUT2D eigenvalue weighted by molar-refractivity contribution is 9.10. The van der Waals surface area contributed by atoms with Crippen LogP contribution >= 0.6 is 15.9 Å². The minimum absolute atomic E-state index is 0.0509. The number of carbonyl (C=O) groups is 2. The van der Waals surface area contributed by atoms with Gasteiger partial charge in [-0.15, -0.1) is 0 Å². The van der Waals surface area contributed by atoms with Crippen LogP contribution in [0.3, 0.4) is 0 Å². The highest BCUT2D eigenvalue weighted by atomic mass is 79.9. The van der Waals surface area contributed by atoms with Gasteiger partial charge in [0.25, 0.3) is 5.91 Å². The van der Waals surface area contributed by atoms with Crippen molar-refractivity contribution in [3.8, 4) is 0 Å². The molecule has 2 aromatic rings. The molecule has 0 atom stereocenters. The minimum atomic E-state index is -1.09. The van der Waals surface area contributed by atoms with E-state index >= 15 is 0 Å². The summed E-state index contributed by atoms with van der Waals surface area (Å²) in [4.78, 5) is 23.0. The van der Waals surface area contributed by atoms with E-state index < -0.39 is 11.9 Å². The SMILES string of the molecule is Cc1cc(C(=O)Nc2cc(Br)cc(C(=O)O)c2)ccc1F. The van der Waals surface area contributed by atoms with Crippen molar-refractivity contribution < 1.29 is 19.1 Å². The normalized spacial score (nSPS) is 10.2. The van der Waals surface area contributed by atoms with Crippen LogP contribution in [0.2, 0.25) is 0 Å². The molecule has 2 aromatic carbocycles. The molecule has 0 aliphatic heterocycles. The number of hydrogen-bond donors (Lipinski definition) is 2. The first-order valence-corrected chi connectivity index (χ1v) is 6.77. The van der Waals surface area contributed by atoms with E-state index in [1.165, 1.54) is 30.3 Å². The van der Waals surface area contributed by atoms with Crippen molar-refractivity contribution in [1.29, 1.82) is 0 Å². The Kier molecular flexibility index (Phi) is 4.37. The summed E-state index contributed by atoms with van der Waals surface area (Å²) in [6.07, 6.45) is 0. The molecular weight excluding hydrogens is 341 g/mol. The van der Waals surface area contributed by atoms with Gasteiger partial charge in [0.05, 0.1) is 5.56 Å². The maximum Gasteiger partial charge on any atom is 0.335 e. The maximum atomic E-state index is 13.2. The van der Waals surface area contributed by atoms with Crippen LogP contribution < -0.4 is 5.32 Å². The Bertz CT molecular complexity index is 731. The van der Waals surface area contributed by atoms with Gasteiger partial charge in [0.2, 0.25) is 0 Å². The van der Waals surface area contributed by atoms with Gasteiger partial charge in [-0.3, -0.25) is 4.79 Å². The molecule has 0 aliphatic carbocycles. The Morgan fingerprint density at radius 1 is 1.14 bits per heavy atom. The molecule has 4 nitrogen and oxygen atoms in total. The van der Waals surface area contributed by atoms with Gasteiger partial charge in [0.15, 0.2) is 0 Å². The maximum absolute atomic E-state index is 13.2. The zero-order valence-corrected chi connectivity index (χ0v) is 12.6. The number of nitrogens with one attached hydrogen (secondary N) is 1. The summed E-state index contributed by atoms with van der Waals surface area (Å²) in [5.74, 6) is -1.92. The lowest BCUT2D eigenvalue weighted by Gasteiger charge is -2.08. The fraction of sp³-hybridized carbons (Fsp3) is 0.0667. The van der Waals surface area contributed by atoms with E-state index in [1.54, 1.807) is 13.0 Å². The Balaban J connectivity index is 2.27. The van der Waals surface area contributed by atoms with E-state index in [0.29, 0.717) is 21.3 Å². The number of aromatic carboxylic acids is 1. The van der Waals surface area contributed by atoms with E-state index in [1.807, 2.05) is 0 Å². The lowest BCUT2D eigenvalue weighted by molar-refractivity contribution is 0.0696. The first-order valence-electron chi connectivity index (χ1n) is 5.98. The molecule has 1 amide bonds. The second-order valence-corrected chi connectivity index (χ2v) is 5.37. The summed E-state index contributed by atoms with van der Waals surface area (Å²) in [5, 5.41) is 11.6. The summed E-state index contributed by atoms with van der Waals surface area (Å²) in [6, 6.07) is 8.38. The molecule has 6 heteroatoms. The van der Waals surface area contributed by atoms with Gasteiger partial charge in [-0.25, -0.2) is 9.18 Å². The molecule has 0 saturated carbocycles. The van der Waals surface area contributed by atoms with Crippen molar-refractivity contribution >= 4 is 33.5 Å². The predicted octanol–water partition coefficient (Wildman–Crippen LogP) is 3.85. The lowest BCUT2D eigenvalue weighted by atomic mass is 10.1. The number of carboxylic acid groups (broad SMARTS) is 1. The molecule has 0 spiro atoms. The summed E-state index contributed by atoms with van der Waals surface area (Å²) in [7, 11) is 0. The van der Waals surface area contributed by atoms with Crippen LogP contribution in [0.1, 0.15) is 26.3 Å². The summed E-state index contributed by atoms with van der Waals surface area (Å²) in [5.41, 5.74) is 1.05. The third-order valence-electron chi connectivity index (χ3n) is 2.82. The van der Waals surface area contributed by atoms with Crippen molar-refractivity contribution in [2.24, 2.45) is 0 Å². The Hall–Kier alpha value is -2.21. The second-order valence-electron chi connectivity index (χ2n) is 4.45. The van der Waals surface area contributed by atoms with Crippen LogP contribution in [0.25, 0.3) is 0 Å². The van der Waals surface area contributed by atoms with Crippen molar-refractivity contribution in [2.75, 3.05) is 5.32 Å². The van der Waals surface area contributed by atoms with E-state index in [4.69, 9.17) is 5.11 Å². The number of carboxylic acids is 1. The topological polar surface area (TPSA) is 66.4 Å². The highest BCUT2D eigenvalue weighted by Crippen LogP contribution is 2.20. The summed E-state index contributed by atoms with van der Waals surface area (Å²) in [6.45, 7) is 1.56. The van der Waals surface area contributed by atoms with E-state index in [0.717, 1.165) is 0 Å². The van der Waals surface area contributed by atoms with E-state index in [-0.39, 0.29) is 11.4 Å². The minimum Gasteiger partial charge on any atom is -0.478 e. The zero-order chi connectivity index (χ0) is 15.6. The van der Waals surface area contributed by atoms with Gasteiger partial charge < -0.3 is 10.4 Å². The molecule has 2 N–H and O–H groups in total. The van der Waals surface area contributed by atoms with E-state index in [9.17, 15) is 14.0 Å². The summed E-state index contributed by atoms with van der Waals surface area (Å²) >= 11 is 3.18. The Morgan fingerprint density at radius 2 is 1.86 bits per heavy atom. The van der Waals surface area contributed by atoms with Crippen molar-refractivity contribution in [3.05, 3.63) is 63.4 Å². The largest absolute Gasteiger partial charge is 0.478 e. The molecule has 0 aromatic heterocycles. The van der Waals surface area contributed by atoms with E-state index in [2.05, 4.69) is 21.2 Å². The van der Waals surface area contributed by atoms with Gasteiger partial charge in [-0.1, -0.05) is 15.9 Å². The average molecular weight is 352 g/mol. The number of amides is 1. The third-order valence-corrected chi connectivity index (χ3v) is 3.28. The van der Waals surface area contributed by atoms with Crippen LogP contribution in [0, 0.1) is 12.7 Å². The van der Waals surface area contributed by atoms with Gasteiger partial charge in [-0.2, -0.15) is 0 Å². The standard InChI is InChI=1S/C15H11BrFNO3/c1-8-4-9(2-3-13(8)17)14(19)18-12-6-10(15(20)21)5-11(16)7-12/h2-7H,1H3,(H,18,19)(H,20,21). The first kappa shape index (κ1) is 15.2. The monoisotopic (exact) mass is 351 g/mol. The molecule has 108 valence electrons. The fourth-order valence-corrected chi connectivity index (χ4v) is 2.27. The Labute approximate surface area is 128 Å². The lowest BCUT2D eigenvalue weighted by Crippen LogP contribution is -2.13. The van der Waals surface area contributed by atoms with Crippen molar-refractivity contribution in [2.45, 2.75) is 6.92 Å². The van der Waals surface area contributed by atoms with Crippen LogP contribution in [0.15, 0.2) is 40.9 Å². The Morgan fingerprint density at radius 3 is 2.48 bits per heavy atom. The second kappa shape index (κ2) is 6.05. The molecule has 21 heavy (non-hydrogen) atoms. The third kappa shape index (κ3) is 3.66.